The van der Waals surface area contributed by atoms with E-state index in [1.54, 1.807) is 13.3 Å². The molecule has 0 saturated carbocycles. The van der Waals surface area contributed by atoms with Gasteiger partial charge in [-0.2, -0.15) is 0 Å². The van der Waals surface area contributed by atoms with E-state index in [-0.39, 0.29) is 18.4 Å². The zero-order valence-corrected chi connectivity index (χ0v) is 23.9. The number of ether oxygens (including phenoxy) is 2. The van der Waals surface area contributed by atoms with E-state index < -0.39 is 0 Å². The lowest BCUT2D eigenvalue weighted by atomic mass is 10.0. The molecule has 1 aliphatic heterocycles. The summed E-state index contributed by atoms with van der Waals surface area (Å²) in [5.74, 6) is 2.49. The number of aliphatic imine (C=N–C) groups is 1. The summed E-state index contributed by atoms with van der Waals surface area (Å²) in [6, 6.07) is 13.4. The highest BCUT2D eigenvalue weighted by Crippen LogP contribution is 2.27. The first-order valence-electron chi connectivity index (χ1n) is 14.2. The Labute approximate surface area is 236 Å². The van der Waals surface area contributed by atoms with Gasteiger partial charge in [0.25, 0.3) is 0 Å². The number of unbranched alkanes of at least 4 members (excludes halogenated alkanes) is 2. The number of fused-ring (bicyclic) bond motifs is 1. The highest BCUT2D eigenvalue weighted by atomic mass is 16.5. The number of rotatable bonds is 15. The average molecular weight is 545 g/mol. The van der Waals surface area contributed by atoms with Gasteiger partial charge in [0.05, 0.1) is 20.1 Å². The van der Waals surface area contributed by atoms with Gasteiger partial charge in [-0.05, 0) is 67.6 Å². The second-order valence-corrected chi connectivity index (χ2v) is 10.1. The Morgan fingerprint density at radius 2 is 1.90 bits per heavy atom. The van der Waals surface area contributed by atoms with E-state index >= 15 is 0 Å². The maximum Gasteiger partial charge on any atom is 0.319 e. The Hall–Kier alpha value is -4.07. The molecule has 1 aliphatic rings. The zero-order chi connectivity index (χ0) is 28.5. The number of nitrogens with zero attached hydrogens (tertiary/aromatic N) is 1. The molecule has 211 valence electrons. The van der Waals surface area contributed by atoms with Crippen molar-refractivity contribution in [3.8, 4) is 11.5 Å². The molecule has 0 fully saturated rings. The first-order valence-corrected chi connectivity index (χ1v) is 14.2. The van der Waals surface area contributed by atoms with Crippen LogP contribution in [0.5, 0.6) is 11.5 Å². The molecule has 0 saturated heterocycles. The zero-order valence-electron chi connectivity index (χ0n) is 23.9. The number of benzene rings is 2. The van der Waals surface area contributed by atoms with E-state index in [1.165, 1.54) is 0 Å². The summed E-state index contributed by atoms with van der Waals surface area (Å²) in [5, 5.41) is 7.64. The van der Waals surface area contributed by atoms with Crippen molar-refractivity contribution in [1.29, 1.82) is 0 Å². The number of amidine groups is 1. The third-order valence-corrected chi connectivity index (χ3v) is 7.22. The van der Waals surface area contributed by atoms with Gasteiger partial charge in [0.1, 0.15) is 23.3 Å². The molecular formula is C32H40N4O4+. The fourth-order valence-electron chi connectivity index (χ4n) is 5.00. The highest BCUT2D eigenvalue weighted by molar-refractivity contribution is 6.00. The molecule has 4 rings (SSSR count). The monoisotopic (exact) mass is 544 g/mol. The molecule has 8 heteroatoms. The Bertz CT molecular complexity index is 1410. The number of hydrogen-bond donors (Lipinski definition) is 3. The van der Waals surface area contributed by atoms with Crippen LogP contribution in [0.3, 0.4) is 0 Å². The standard InChI is InChI=1S/C32H40N4O4/c1-5-23(37)12-8-7-9-14-29(32-33-20-30(36-32)22-11-10-13-25(17-22)40-6-2)35-31(38)19-26-21(3)34-28-16-15-24(39-4)18-27(26)28/h10-11,13,15-18,20,29,34,36H,5-9,12,14,19H2,1-4H3,(H,35,38)/q+1/t29-/m0/s1. The maximum absolute atomic E-state index is 13.4. The predicted octanol–water partition coefficient (Wildman–Crippen LogP) is 5.18. The van der Waals surface area contributed by atoms with E-state index in [1.807, 2.05) is 63.2 Å². The van der Waals surface area contributed by atoms with Crippen LogP contribution < -0.4 is 25.1 Å². The first kappa shape index (κ1) is 28.9. The van der Waals surface area contributed by atoms with Gasteiger partial charge in [0.2, 0.25) is 5.91 Å². The van der Waals surface area contributed by atoms with Crippen LogP contribution in [0.1, 0.15) is 69.2 Å². The molecule has 1 radical (unpaired) electrons. The number of hydrogen-bond acceptors (Lipinski definition) is 6. The minimum Gasteiger partial charge on any atom is -0.497 e. The fourth-order valence-corrected chi connectivity index (χ4v) is 5.00. The molecule has 0 bridgehead atoms. The van der Waals surface area contributed by atoms with E-state index in [9.17, 15) is 9.59 Å². The van der Waals surface area contributed by atoms with Crippen molar-refractivity contribution < 1.29 is 19.1 Å². The molecule has 0 spiro atoms. The SMILES string of the molecule is CCOc1cccc(C2=C[N+]=C([C@H](CCCCCC(=O)CC)NC(=O)Cc3c(C)[nH]c4ccc(OC)cc34)N2)c1. The van der Waals surface area contributed by atoms with Gasteiger partial charge in [-0.15, -0.1) is 0 Å². The number of amides is 1. The smallest absolute Gasteiger partial charge is 0.319 e. The molecule has 8 nitrogen and oxygen atoms in total. The Morgan fingerprint density at radius 1 is 1.05 bits per heavy atom. The quantitative estimate of drug-likeness (QED) is 0.229. The molecule has 2 aromatic carbocycles. The van der Waals surface area contributed by atoms with Gasteiger partial charge in [-0.3, -0.25) is 9.59 Å². The number of nitrogens with one attached hydrogen (secondary N) is 3. The molecule has 0 aliphatic carbocycles. The third-order valence-electron chi connectivity index (χ3n) is 7.22. The number of aromatic amines is 1. The Kier molecular flexibility index (Phi) is 10.00. The third kappa shape index (κ3) is 7.31. The van der Waals surface area contributed by atoms with Crippen LogP contribution in [0, 0.1) is 6.92 Å². The summed E-state index contributed by atoms with van der Waals surface area (Å²) >= 11 is 0. The predicted molar refractivity (Wildman–Crippen MR) is 159 cm³/mol. The van der Waals surface area contributed by atoms with Crippen LogP contribution in [-0.4, -0.2) is 42.3 Å². The molecule has 2 heterocycles. The van der Waals surface area contributed by atoms with Crippen LogP contribution in [0.4, 0.5) is 0 Å². The van der Waals surface area contributed by atoms with Crippen LogP contribution in [0.25, 0.3) is 16.6 Å². The molecule has 0 unspecified atom stereocenters. The summed E-state index contributed by atoms with van der Waals surface area (Å²) in [7, 11) is 1.64. The van der Waals surface area contributed by atoms with Crippen LogP contribution in [-0.2, 0) is 16.0 Å². The molecule has 1 amide bonds. The van der Waals surface area contributed by atoms with Crippen LogP contribution in [0.2, 0.25) is 0 Å². The number of ketones is 1. The summed E-state index contributed by atoms with van der Waals surface area (Å²) in [6.07, 6.45) is 6.61. The molecule has 1 aromatic heterocycles. The molecule has 3 N–H and O–H groups in total. The van der Waals surface area contributed by atoms with Crippen molar-refractivity contribution in [3.05, 3.63) is 65.5 Å². The first-order chi connectivity index (χ1) is 19.4. The van der Waals surface area contributed by atoms with Gasteiger partial charge in [0.15, 0.2) is 11.9 Å². The number of carbonyl (C=O) groups is 2. The van der Waals surface area contributed by atoms with E-state index in [0.717, 1.165) is 70.6 Å². The number of Topliss-reactive ketones (excluding diaryl/α,β-unsaturated/α-hetero) is 1. The number of H-pyrrole nitrogens is 1. The number of methoxy groups -OCH3 is 1. The molecule has 1 atom stereocenters. The van der Waals surface area contributed by atoms with Crippen LogP contribution >= 0.6 is 0 Å². The van der Waals surface area contributed by atoms with Gasteiger partial charge in [0, 0.05) is 35.0 Å². The van der Waals surface area contributed by atoms with Gasteiger partial charge in [-0.1, -0.05) is 31.9 Å². The topological polar surface area (TPSA) is 107 Å². The minimum absolute atomic E-state index is 0.0747. The van der Waals surface area contributed by atoms with Crippen molar-refractivity contribution in [2.24, 2.45) is 0 Å². The molecular weight excluding hydrogens is 504 g/mol. The number of aryl methyl sites for hydroxylation is 1. The normalized spacial score (nSPS) is 13.4. The second-order valence-electron chi connectivity index (χ2n) is 10.1. The van der Waals surface area contributed by atoms with Gasteiger partial charge >= 0.3 is 5.84 Å². The second kappa shape index (κ2) is 13.8. The lowest BCUT2D eigenvalue weighted by Crippen LogP contribution is -2.47. The van der Waals surface area contributed by atoms with E-state index in [0.29, 0.717) is 31.1 Å². The van der Waals surface area contributed by atoms with Gasteiger partial charge in [-0.25, -0.2) is 5.32 Å². The largest absolute Gasteiger partial charge is 0.497 e. The van der Waals surface area contributed by atoms with E-state index in [2.05, 4.69) is 20.6 Å². The van der Waals surface area contributed by atoms with Crippen molar-refractivity contribution in [2.75, 3.05) is 13.7 Å². The Balaban J connectivity index is 1.45. The molecule has 3 aromatic rings. The number of carbonyl (C=O) groups excluding carboxylic acids is 2. The fraction of sp³-hybridized carbons (Fsp3) is 0.406. The number of aromatic nitrogens is 1. The summed E-state index contributed by atoms with van der Waals surface area (Å²) in [6.45, 7) is 6.44. The van der Waals surface area contributed by atoms with E-state index in [4.69, 9.17) is 9.47 Å². The summed E-state index contributed by atoms with van der Waals surface area (Å²) in [4.78, 5) is 33.1. The van der Waals surface area contributed by atoms with Crippen molar-refractivity contribution in [2.45, 2.75) is 71.8 Å². The molecule has 40 heavy (non-hydrogen) atoms. The Morgan fingerprint density at radius 3 is 2.67 bits per heavy atom. The highest BCUT2D eigenvalue weighted by Gasteiger charge is 2.31. The van der Waals surface area contributed by atoms with Crippen molar-refractivity contribution in [1.82, 2.24) is 20.6 Å². The van der Waals surface area contributed by atoms with Crippen molar-refractivity contribution in [3.63, 3.8) is 0 Å². The van der Waals surface area contributed by atoms with Gasteiger partial charge < -0.3 is 19.8 Å². The summed E-state index contributed by atoms with van der Waals surface area (Å²) in [5.41, 5.74) is 4.73. The minimum atomic E-state index is -0.279. The average Bonchev–Trinajstić information content (AvgIpc) is 3.57. The van der Waals surface area contributed by atoms with Crippen LogP contribution in [0.15, 0.2) is 48.7 Å². The summed E-state index contributed by atoms with van der Waals surface area (Å²) < 4.78 is 11.1. The lowest BCUT2D eigenvalue weighted by molar-refractivity contribution is -0.121. The van der Waals surface area contributed by atoms with Crippen molar-refractivity contribution >= 4 is 34.1 Å². The lowest BCUT2D eigenvalue weighted by Gasteiger charge is -2.16. The maximum atomic E-state index is 13.4.